The Morgan fingerprint density at radius 2 is 1.23 bits per heavy atom. The summed E-state index contributed by atoms with van der Waals surface area (Å²) in [6.07, 6.45) is -12.5. The molecule has 61 heavy (non-hydrogen) atoms. The van der Waals surface area contributed by atoms with Crippen molar-refractivity contribution in [1.29, 1.82) is 0 Å². The number of carbonyl (C=O) groups is 3. The molecule has 2 heterocycles. The first-order chi connectivity index (χ1) is 27.7. The van der Waals surface area contributed by atoms with Crippen LogP contribution < -0.4 is 10.1 Å². The number of benzene rings is 2. The van der Waals surface area contributed by atoms with Crippen LogP contribution in [0.15, 0.2) is 54.6 Å². The molecule has 2 fully saturated rings. The number of rotatable bonds is 15. The Kier molecular flexibility index (Phi) is 12.8. The maximum atomic E-state index is 14.7. The van der Waals surface area contributed by atoms with Gasteiger partial charge in [0.15, 0.2) is 5.11 Å². The summed E-state index contributed by atoms with van der Waals surface area (Å²) in [6, 6.07) is 12.1. The number of fused-ring (bicyclic) bond motifs is 1. The topological polar surface area (TPSA) is 88.2 Å². The number of likely N-dealkylation sites (tertiary alicyclic amines) is 2. The summed E-state index contributed by atoms with van der Waals surface area (Å²) in [7, 11) is 1.32. The second-order valence-corrected chi connectivity index (χ2v) is 14.2. The predicted molar refractivity (Wildman–Crippen MR) is 179 cm³/mol. The molecule has 0 unspecified atom stereocenters. The van der Waals surface area contributed by atoms with Crippen LogP contribution in [0.25, 0.3) is 0 Å². The molecule has 0 spiro atoms. The maximum Gasteiger partial charge on any atom is 0.460 e. The molecule has 4 atom stereocenters. The van der Waals surface area contributed by atoms with E-state index in [0.717, 1.165) is 16.7 Å². The number of nitrogens with one attached hydrogen (secondary N) is 1. The molecular weight excluding hydrogens is 897 g/mol. The van der Waals surface area contributed by atoms with Crippen LogP contribution in [-0.4, -0.2) is 106 Å². The molecule has 2 aromatic carbocycles. The van der Waals surface area contributed by atoms with E-state index < -0.39 is 108 Å². The van der Waals surface area contributed by atoms with E-state index >= 15 is 0 Å². The van der Waals surface area contributed by atoms with Crippen molar-refractivity contribution in [2.75, 3.05) is 25.6 Å². The minimum absolute atomic E-state index is 0.230. The van der Waals surface area contributed by atoms with Crippen molar-refractivity contribution in [3.63, 3.8) is 0 Å². The maximum absolute atomic E-state index is 14.7. The molecule has 8 nitrogen and oxygen atoms in total. The number of thiocarbonyl (C=S) groups is 1. The largest absolute Gasteiger partial charge is 0.497 e. The van der Waals surface area contributed by atoms with Crippen LogP contribution in [-0.2, 0) is 19.1 Å². The molecule has 4 rings (SSSR count). The third-order valence-electron chi connectivity index (χ3n) is 10.3. The highest BCUT2D eigenvalue weighted by Gasteiger charge is 2.95. The van der Waals surface area contributed by atoms with E-state index in [0.29, 0.717) is 5.75 Å². The molecule has 0 aliphatic carbocycles. The highest BCUT2D eigenvalue weighted by atomic mass is 32.1. The van der Waals surface area contributed by atoms with Crippen LogP contribution in [0.3, 0.4) is 0 Å². The van der Waals surface area contributed by atoms with Crippen molar-refractivity contribution >= 4 is 40.8 Å². The Balaban J connectivity index is 1.67. The van der Waals surface area contributed by atoms with Gasteiger partial charge in [-0.3, -0.25) is 14.5 Å². The van der Waals surface area contributed by atoms with Gasteiger partial charge in [-0.05, 0) is 62.3 Å². The number of halogens is 17. The molecule has 0 radical (unpaired) electrons. The van der Waals surface area contributed by atoms with Gasteiger partial charge in [0.05, 0.1) is 31.6 Å². The van der Waals surface area contributed by atoms with Crippen LogP contribution in [0.5, 0.6) is 5.75 Å². The number of imide groups is 1. The summed E-state index contributed by atoms with van der Waals surface area (Å²) < 4.78 is 244. The Labute approximate surface area is 338 Å². The molecule has 0 bridgehead atoms. The zero-order valence-corrected chi connectivity index (χ0v) is 31.8. The molecule has 1 N–H and O–H groups in total. The minimum atomic E-state index is -8.77. The Hall–Kier alpha value is -4.65. The van der Waals surface area contributed by atoms with E-state index in [1.165, 1.54) is 50.4 Å². The van der Waals surface area contributed by atoms with Gasteiger partial charge in [0.25, 0.3) is 0 Å². The fourth-order valence-corrected chi connectivity index (χ4v) is 7.38. The lowest BCUT2D eigenvalue weighted by Crippen LogP contribution is -2.74. The number of para-hydroxylation sites is 1. The first-order valence-electron chi connectivity index (χ1n) is 17.2. The Bertz CT molecular complexity index is 1990. The summed E-state index contributed by atoms with van der Waals surface area (Å²) in [6.45, 7) is 0.599. The van der Waals surface area contributed by atoms with Crippen LogP contribution in [0.1, 0.15) is 38.3 Å². The van der Waals surface area contributed by atoms with E-state index in [9.17, 15) is 89.0 Å². The van der Waals surface area contributed by atoms with Gasteiger partial charge in [-0.2, -0.15) is 74.6 Å². The number of anilines is 1. The van der Waals surface area contributed by atoms with Crippen molar-refractivity contribution in [1.82, 2.24) is 9.80 Å². The zero-order chi connectivity index (χ0) is 46.7. The number of esters is 1. The summed E-state index contributed by atoms with van der Waals surface area (Å²) >= 11 is 5.61. The normalized spacial score (nSPS) is 22.1. The Morgan fingerprint density at radius 3 is 1.70 bits per heavy atom. The molecule has 0 saturated carbocycles. The number of ether oxygens (including phenoxy) is 2. The van der Waals surface area contributed by atoms with Gasteiger partial charge < -0.3 is 19.7 Å². The number of nitrogens with zero attached hydrogens (tertiary/aromatic N) is 2. The third-order valence-corrected chi connectivity index (χ3v) is 10.6. The van der Waals surface area contributed by atoms with Gasteiger partial charge in [-0.25, -0.2) is 4.79 Å². The van der Waals surface area contributed by atoms with Gasteiger partial charge >= 0.3 is 53.6 Å². The summed E-state index contributed by atoms with van der Waals surface area (Å²) in [5.74, 6) is -63.8. The van der Waals surface area contributed by atoms with Crippen molar-refractivity contribution in [3.05, 3.63) is 60.2 Å². The van der Waals surface area contributed by atoms with Gasteiger partial charge in [0.1, 0.15) is 11.3 Å². The summed E-state index contributed by atoms with van der Waals surface area (Å²) in [4.78, 5) is 43.5. The smallest absolute Gasteiger partial charge is 0.460 e. The summed E-state index contributed by atoms with van der Waals surface area (Å²) in [5, 5.41) is 2.44. The first-order valence-corrected chi connectivity index (χ1v) is 17.6. The van der Waals surface area contributed by atoms with Crippen molar-refractivity contribution in [2.45, 2.75) is 85.9 Å². The first kappa shape index (κ1) is 49.0. The molecule has 2 amide bonds. The summed E-state index contributed by atoms with van der Waals surface area (Å²) in [5.41, 5.74) is -1.93. The van der Waals surface area contributed by atoms with Crippen LogP contribution in [0.2, 0.25) is 0 Å². The fraction of sp³-hybridized carbons (Fsp3) is 0.543. The van der Waals surface area contributed by atoms with E-state index in [2.05, 4.69) is 5.32 Å². The van der Waals surface area contributed by atoms with Crippen molar-refractivity contribution < 1.29 is 98.5 Å². The van der Waals surface area contributed by atoms with Gasteiger partial charge in [-0.15, -0.1) is 0 Å². The minimum Gasteiger partial charge on any atom is -0.497 e. The molecule has 26 heteroatoms. The average molecular weight is 928 g/mol. The lowest BCUT2D eigenvalue weighted by molar-refractivity contribution is -0.461. The SMILES string of the molecule is CCN1C(=O)[C@H]2[C@@H](c3ccc(OC)cc3)N(C(=S)Nc3ccccc3)[C@@](C)(C(=O)OCCCC(F)(F)C(F)(F)C(F)(F)C(F)(F)C(F)(F)C(F)(F)C(F)(F)C(F)(F)F)[C@H]2C1=O. The lowest BCUT2D eigenvalue weighted by Gasteiger charge is -2.42. The monoisotopic (exact) mass is 927 g/mol. The number of hydrogen-bond donors (Lipinski definition) is 1. The number of alkyl halides is 17. The molecule has 2 aromatic rings. The zero-order valence-electron chi connectivity index (χ0n) is 31.0. The highest BCUT2D eigenvalue weighted by molar-refractivity contribution is 7.80. The van der Waals surface area contributed by atoms with E-state index in [1.807, 2.05) is 0 Å². The molecular formula is C35H30F17N3O5S. The fourth-order valence-electron chi connectivity index (χ4n) is 6.95. The number of amides is 2. The molecule has 2 aliphatic heterocycles. The van der Waals surface area contributed by atoms with Crippen molar-refractivity contribution in [2.24, 2.45) is 11.8 Å². The van der Waals surface area contributed by atoms with E-state index in [-0.39, 0.29) is 22.9 Å². The second-order valence-electron chi connectivity index (χ2n) is 13.8. The third kappa shape index (κ3) is 7.36. The number of carbonyl (C=O) groups excluding carboxylic acids is 3. The predicted octanol–water partition coefficient (Wildman–Crippen LogP) is 9.16. The highest BCUT2D eigenvalue weighted by Crippen LogP contribution is 2.64. The molecule has 0 aromatic heterocycles. The molecule has 2 saturated heterocycles. The lowest BCUT2D eigenvalue weighted by atomic mass is 9.80. The van der Waals surface area contributed by atoms with Crippen LogP contribution >= 0.6 is 12.2 Å². The molecule has 340 valence electrons. The quantitative estimate of drug-likeness (QED) is 0.0623. The van der Waals surface area contributed by atoms with Crippen LogP contribution in [0, 0.1) is 11.8 Å². The van der Waals surface area contributed by atoms with E-state index in [1.54, 1.807) is 18.2 Å². The Morgan fingerprint density at radius 1 is 0.738 bits per heavy atom. The van der Waals surface area contributed by atoms with E-state index in [4.69, 9.17) is 21.7 Å². The molecule has 2 aliphatic rings. The average Bonchev–Trinajstić information content (AvgIpc) is 3.60. The number of hydrogen-bond acceptors (Lipinski definition) is 6. The van der Waals surface area contributed by atoms with Gasteiger partial charge in [0, 0.05) is 18.7 Å². The van der Waals surface area contributed by atoms with Gasteiger partial charge in [0.2, 0.25) is 11.8 Å². The van der Waals surface area contributed by atoms with Gasteiger partial charge in [-0.1, -0.05) is 30.3 Å². The van der Waals surface area contributed by atoms with Crippen molar-refractivity contribution in [3.8, 4) is 5.75 Å². The van der Waals surface area contributed by atoms with Crippen LogP contribution in [0.4, 0.5) is 80.3 Å². The standard InChI is InChI=1S/C35H30F17N3O5S/c1-4-54-23(56)20-21(24(54)57)27(2,55(26(61)53-18-9-6-5-7-10-18)22(20)17-11-13-19(59-3)14-12-17)25(58)60-16-8-15-28(36,37)29(38,39)30(40,41)31(42,43)32(44,45)33(46,47)34(48,49)35(50,51)52/h5-7,9-14,20-22H,4,8,15-16H2,1-3H3,(H,53,61)/t20-,21-,22-,27-/m1/s1. The second kappa shape index (κ2) is 15.9. The number of methoxy groups -OCH3 is 1.